The van der Waals surface area contributed by atoms with Gasteiger partial charge in [0.15, 0.2) is 6.10 Å². The van der Waals surface area contributed by atoms with E-state index in [0.29, 0.717) is 12.8 Å². The number of ether oxygens (including phenoxy) is 2. The highest BCUT2D eigenvalue weighted by Gasteiger charge is 2.23. The second-order valence-corrected chi connectivity index (χ2v) is 14.5. The summed E-state index contributed by atoms with van der Waals surface area (Å²) in [5.74, 6) is -1.23. The molecule has 0 saturated heterocycles. The van der Waals surface area contributed by atoms with Crippen LogP contribution in [0.5, 0.6) is 0 Å². The van der Waals surface area contributed by atoms with Crippen LogP contribution in [0.1, 0.15) is 129 Å². The number of unbranched alkanes of at least 4 members (excludes halogenated alkanes) is 6. The molecular weight excluding hydrogens is 731 g/mol. The van der Waals surface area contributed by atoms with Gasteiger partial charge in [0.1, 0.15) is 6.61 Å². The van der Waals surface area contributed by atoms with Crippen LogP contribution in [0.3, 0.4) is 0 Å². The lowest BCUT2D eigenvalue weighted by atomic mass is 10.1. The first-order chi connectivity index (χ1) is 27.1. The van der Waals surface area contributed by atoms with E-state index in [9.17, 15) is 24.4 Å². The van der Waals surface area contributed by atoms with Crippen molar-refractivity contribution in [2.75, 3.05) is 13.2 Å². The van der Waals surface area contributed by atoms with Gasteiger partial charge in [0.05, 0.1) is 18.8 Å². The van der Waals surface area contributed by atoms with Crippen molar-refractivity contribution in [3.05, 3.63) is 109 Å². The summed E-state index contributed by atoms with van der Waals surface area (Å²) in [6.07, 6.45) is 47.3. The highest BCUT2D eigenvalue weighted by Crippen LogP contribution is 2.36. The summed E-state index contributed by atoms with van der Waals surface area (Å²) in [5, 5.41) is 20.2. The maximum atomic E-state index is 12.4. The van der Waals surface area contributed by atoms with E-state index in [0.717, 1.165) is 38.5 Å². The molecule has 0 radical (unpaired) electrons. The van der Waals surface area contributed by atoms with Crippen molar-refractivity contribution in [2.45, 2.75) is 148 Å². The third-order valence-corrected chi connectivity index (χ3v) is 8.45. The fourth-order valence-electron chi connectivity index (χ4n) is 4.84. The highest BCUT2D eigenvalue weighted by molar-refractivity contribution is 7.46. The Morgan fingerprint density at radius 2 is 1.07 bits per heavy atom. The average Bonchev–Trinajstić information content (AvgIpc) is 3.16. The molecule has 0 fully saturated rings. The minimum atomic E-state index is -4.85. The van der Waals surface area contributed by atoms with Crippen molar-refractivity contribution in [1.82, 2.24) is 0 Å². The Kier molecular flexibility index (Phi) is 36.2. The first kappa shape index (κ1) is 52.6. The fourth-order valence-corrected chi connectivity index (χ4v) is 5.20. The van der Waals surface area contributed by atoms with Gasteiger partial charge in [-0.3, -0.25) is 14.1 Å². The van der Waals surface area contributed by atoms with Gasteiger partial charge in [-0.25, -0.2) is 4.57 Å². The first-order valence-electron chi connectivity index (χ1n) is 20.4. The Morgan fingerprint density at radius 1 is 0.571 bits per heavy atom. The Morgan fingerprint density at radius 3 is 1.61 bits per heavy atom. The van der Waals surface area contributed by atoms with Crippen LogP contribution in [0.15, 0.2) is 109 Å². The van der Waals surface area contributed by atoms with Gasteiger partial charge < -0.3 is 29.5 Å². The number of carbonyl (C=O) groups excluding carboxylic acids is 2. The van der Waals surface area contributed by atoms with E-state index in [1.54, 1.807) is 36.5 Å². The second-order valence-electron chi connectivity index (χ2n) is 13.3. The molecule has 0 spiro atoms. The zero-order chi connectivity index (χ0) is 41.4. The van der Waals surface area contributed by atoms with Crippen LogP contribution in [0, 0.1) is 0 Å². The number of hydrogen-bond donors (Lipinski definition) is 4. The molecule has 56 heavy (non-hydrogen) atoms. The van der Waals surface area contributed by atoms with E-state index in [1.807, 2.05) is 18.2 Å². The van der Waals surface area contributed by atoms with Crippen LogP contribution in [0.25, 0.3) is 0 Å². The number of aliphatic hydroxyl groups is 2. The maximum absolute atomic E-state index is 12.4. The molecule has 316 valence electrons. The summed E-state index contributed by atoms with van der Waals surface area (Å²) in [6.45, 7) is 3.30. The molecule has 0 aliphatic heterocycles. The lowest BCUT2D eigenvalue weighted by Crippen LogP contribution is -2.29. The van der Waals surface area contributed by atoms with Crippen LogP contribution < -0.4 is 0 Å². The van der Waals surface area contributed by atoms with Crippen molar-refractivity contribution in [1.29, 1.82) is 0 Å². The zero-order valence-electron chi connectivity index (χ0n) is 34.0. The van der Waals surface area contributed by atoms with Gasteiger partial charge in [-0.15, -0.1) is 0 Å². The molecule has 11 heteroatoms. The molecule has 0 aliphatic rings. The summed E-state index contributed by atoms with van der Waals surface area (Å²) in [6, 6.07) is 0. The quantitative estimate of drug-likeness (QED) is 0.0160. The maximum Gasteiger partial charge on any atom is 0.469 e. The molecule has 0 aromatic rings. The topological polar surface area (TPSA) is 160 Å². The zero-order valence-corrected chi connectivity index (χ0v) is 34.8. The van der Waals surface area contributed by atoms with Crippen molar-refractivity contribution < 1.29 is 48.2 Å². The molecule has 0 unspecified atom stereocenters. The smallest absolute Gasteiger partial charge is 0.462 e. The summed E-state index contributed by atoms with van der Waals surface area (Å²) < 4.78 is 26.1. The van der Waals surface area contributed by atoms with Gasteiger partial charge in [-0.2, -0.15) is 0 Å². The molecule has 0 heterocycles. The molecule has 0 rings (SSSR count). The third-order valence-electron chi connectivity index (χ3n) is 7.97. The van der Waals surface area contributed by atoms with Crippen LogP contribution in [-0.4, -0.2) is 63.5 Å². The van der Waals surface area contributed by atoms with Crippen LogP contribution in [0.4, 0.5) is 0 Å². The standard InChI is InChI=1S/C45H71O10P/c1-3-5-7-9-11-12-13-14-15-16-17-18-19-20-21-22-23-25-31-37-44(48)53-39-43(40-54-56(50,51)52)55-45(49)38-32-36-42(47)35-30-27-26-29-34-41(46)33-28-24-10-8-6-4-2/h11-12,14-15,17-18,20-21,23-30,34-35,41-43,46-47H,3-10,13,16,19,22,31-33,36-40H2,1-2H3,(H2,50,51,52)/b12-11-,15-14-,18-17-,21-20-,25-23-,27-26+,28-24-,34-29+,35-30-/t41-,42-,43+/m0/s1. The molecule has 0 saturated carbocycles. The van der Waals surface area contributed by atoms with Gasteiger partial charge in [0, 0.05) is 12.8 Å². The number of rotatable bonds is 35. The number of allylic oxidation sites excluding steroid dienone is 15. The van der Waals surface area contributed by atoms with E-state index in [1.165, 1.54) is 38.5 Å². The van der Waals surface area contributed by atoms with Gasteiger partial charge in [0.25, 0.3) is 0 Å². The Balaban J connectivity index is 4.35. The largest absolute Gasteiger partial charge is 0.469 e. The van der Waals surface area contributed by atoms with E-state index < -0.39 is 51.3 Å². The Hall–Kier alpha value is -3.37. The minimum Gasteiger partial charge on any atom is -0.462 e. The van der Waals surface area contributed by atoms with Crippen molar-refractivity contribution >= 4 is 19.8 Å². The minimum absolute atomic E-state index is 0.0704. The number of esters is 2. The normalized spacial score (nSPS) is 14.8. The highest BCUT2D eigenvalue weighted by atomic mass is 31.2. The number of phosphoric ester groups is 1. The van der Waals surface area contributed by atoms with Crippen LogP contribution in [0.2, 0.25) is 0 Å². The first-order valence-corrected chi connectivity index (χ1v) is 21.9. The predicted molar refractivity (Wildman–Crippen MR) is 228 cm³/mol. The van der Waals surface area contributed by atoms with Gasteiger partial charge in [0.2, 0.25) is 0 Å². The third kappa shape index (κ3) is 40.3. The lowest BCUT2D eigenvalue weighted by Gasteiger charge is -2.18. The van der Waals surface area contributed by atoms with Crippen LogP contribution in [-0.2, 0) is 28.2 Å². The Bertz CT molecular complexity index is 1300. The summed E-state index contributed by atoms with van der Waals surface area (Å²) in [7, 11) is -4.85. The molecule has 0 aromatic heterocycles. The number of aliphatic hydroxyl groups excluding tert-OH is 2. The molecule has 4 N–H and O–H groups in total. The summed E-state index contributed by atoms with van der Waals surface area (Å²) in [4.78, 5) is 42.8. The van der Waals surface area contributed by atoms with E-state index in [-0.39, 0.29) is 25.7 Å². The van der Waals surface area contributed by atoms with Gasteiger partial charge in [-0.05, 0) is 77.0 Å². The van der Waals surface area contributed by atoms with Crippen LogP contribution >= 0.6 is 7.82 Å². The molecule has 0 bridgehead atoms. The molecule has 0 aromatic carbocycles. The SMILES string of the molecule is CCCCC/C=C\C/C=C\C/C=C\C/C=C\C/C=C\CCC(=O)OC[C@H](COP(=O)(O)O)OC(=O)CCC[C@@H](O)\C=C/C=C/C=C/[C@@H](O)C/C=C\CCCCC. The molecule has 10 nitrogen and oxygen atoms in total. The fraction of sp³-hybridized carbons (Fsp3) is 0.556. The van der Waals surface area contributed by atoms with Crippen molar-refractivity contribution in [3.63, 3.8) is 0 Å². The van der Waals surface area contributed by atoms with E-state index in [4.69, 9.17) is 19.3 Å². The van der Waals surface area contributed by atoms with Gasteiger partial charge >= 0.3 is 19.8 Å². The summed E-state index contributed by atoms with van der Waals surface area (Å²) >= 11 is 0. The van der Waals surface area contributed by atoms with E-state index >= 15 is 0 Å². The molecule has 0 amide bonds. The molecule has 0 aliphatic carbocycles. The second kappa shape index (κ2) is 38.5. The van der Waals surface area contributed by atoms with Gasteiger partial charge in [-0.1, -0.05) is 149 Å². The number of phosphoric acid groups is 1. The molecule has 3 atom stereocenters. The Labute approximate surface area is 337 Å². The predicted octanol–water partition coefficient (Wildman–Crippen LogP) is 10.3. The van der Waals surface area contributed by atoms with E-state index in [2.05, 4.69) is 73.1 Å². The molecular formula is C45H71O10P. The lowest BCUT2D eigenvalue weighted by molar-refractivity contribution is -0.161. The number of carbonyl (C=O) groups is 2. The monoisotopic (exact) mass is 802 g/mol. The van der Waals surface area contributed by atoms with Crippen molar-refractivity contribution in [2.24, 2.45) is 0 Å². The summed E-state index contributed by atoms with van der Waals surface area (Å²) in [5.41, 5.74) is 0. The number of hydrogen-bond acceptors (Lipinski definition) is 8. The average molecular weight is 803 g/mol. The van der Waals surface area contributed by atoms with Crippen molar-refractivity contribution in [3.8, 4) is 0 Å².